The average Bonchev–Trinajstić information content (AvgIpc) is 3.08. The molecule has 2 N–H and O–H groups in total. The Balaban J connectivity index is 1.51. The van der Waals surface area contributed by atoms with E-state index in [9.17, 15) is 19.2 Å². The summed E-state index contributed by atoms with van der Waals surface area (Å²) < 4.78 is 5.00. The van der Waals surface area contributed by atoms with Gasteiger partial charge in [0.25, 0.3) is 11.8 Å². The maximum atomic E-state index is 12.4. The molecule has 0 unspecified atom stereocenters. The Morgan fingerprint density at radius 2 is 1.81 bits per heavy atom. The number of ether oxygens (including phenoxy) is 1. The number of rotatable bonds is 6. The lowest BCUT2D eigenvalue weighted by atomic mass is 10.1. The van der Waals surface area contributed by atoms with Crippen LogP contribution in [0.4, 0.5) is 5.69 Å². The highest BCUT2D eigenvalue weighted by Gasteiger charge is 2.37. The largest absolute Gasteiger partial charge is 0.455 e. The van der Waals surface area contributed by atoms with Crippen LogP contribution in [-0.4, -0.2) is 41.9 Å². The maximum Gasteiger partial charge on any atom is 0.311 e. The van der Waals surface area contributed by atoms with E-state index in [-0.39, 0.29) is 23.6 Å². The number of benzene rings is 2. The zero-order valence-corrected chi connectivity index (χ0v) is 18.1. The van der Waals surface area contributed by atoms with Gasteiger partial charge in [0.15, 0.2) is 6.61 Å². The predicted octanol–water partition coefficient (Wildman–Crippen LogP) is 3.32. The number of carbonyl (C=O) groups is 4. The van der Waals surface area contributed by atoms with Gasteiger partial charge in [0, 0.05) is 11.4 Å². The van der Waals surface area contributed by atoms with Crippen LogP contribution in [0.15, 0.2) is 42.5 Å². The number of hydrazine groups is 1. The summed E-state index contributed by atoms with van der Waals surface area (Å²) in [5, 5.41) is 4.37. The van der Waals surface area contributed by atoms with Crippen LogP contribution in [0.25, 0.3) is 0 Å². The van der Waals surface area contributed by atoms with Gasteiger partial charge in [-0.2, -0.15) is 0 Å². The highest BCUT2D eigenvalue weighted by atomic mass is 35.5. The van der Waals surface area contributed by atoms with Gasteiger partial charge in [-0.05, 0) is 30.3 Å². The number of para-hydroxylation sites is 1. The molecule has 0 spiro atoms. The molecule has 0 aromatic heterocycles. The van der Waals surface area contributed by atoms with E-state index in [0.29, 0.717) is 15.7 Å². The van der Waals surface area contributed by atoms with Gasteiger partial charge in [-0.15, -0.1) is 0 Å². The van der Waals surface area contributed by atoms with Gasteiger partial charge in [0.2, 0.25) is 5.91 Å². The molecule has 1 aliphatic rings. The van der Waals surface area contributed by atoms with Crippen molar-refractivity contribution in [1.82, 2.24) is 10.4 Å². The van der Waals surface area contributed by atoms with E-state index in [2.05, 4.69) is 10.7 Å². The van der Waals surface area contributed by atoms with E-state index >= 15 is 0 Å². The van der Waals surface area contributed by atoms with Gasteiger partial charge < -0.3 is 10.1 Å². The smallest absolute Gasteiger partial charge is 0.311 e. The number of carbonyl (C=O) groups excluding carboxylic acids is 4. The van der Waals surface area contributed by atoms with Crippen molar-refractivity contribution in [3.05, 3.63) is 63.1 Å². The Bertz CT molecular complexity index is 1050. The topological polar surface area (TPSA) is 105 Å². The Hall–Kier alpha value is -2.81. The average molecular weight is 485 g/mol. The van der Waals surface area contributed by atoms with Gasteiger partial charge >= 0.3 is 5.97 Å². The number of nitrogens with one attached hydrogen (secondary N) is 2. The van der Waals surface area contributed by atoms with Crippen molar-refractivity contribution in [3.63, 3.8) is 0 Å². The first-order valence-electron chi connectivity index (χ1n) is 9.02. The second kappa shape index (κ2) is 10.00. The fraction of sp³-hybridized carbons (Fsp3) is 0.200. The molecule has 3 amide bonds. The van der Waals surface area contributed by atoms with E-state index in [1.807, 2.05) is 0 Å². The van der Waals surface area contributed by atoms with Crippen molar-refractivity contribution < 1.29 is 23.9 Å². The standard InChI is InChI=1S/C20H16Cl3N3O5/c21-12-5-6-13(15(23)8-12)19(29)25-26-9-11(7-18(26)28)20(30)31-10-17(27)24-16-4-2-1-3-14(16)22/h1-6,8,11H,7,9-10H2,(H,24,27)(H,25,29)/t11-/m1/s1. The van der Waals surface area contributed by atoms with E-state index in [1.54, 1.807) is 24.3 Å². The van der Waals surface area contributed by atoms with Crippen LogP contribution >= 0.6 is 34.8 Å². The number of nitrogens with zero attached hydrogens (tertiary/aromatic N) is 1. The van der Waals surface area contributed by atoms with Crippen molar-refractivity contribution in [2.24, 2.45) is 5.92 Å². The molecule has 1 aliphatic heterocycles. The number of amides is 3. The van der Waals surface area contributed by atoms with Crippen molar-refractivity contribution in [1.29, 1.82) is 0 Å². The molecule has 1 atom stereocenters. The number of anilines is 1. The Kier molecular flexibility index (Phi) is 7.37. The van der Waals surface area contributed by atoms with Gasteiger partial charge in [0.1, 0.15) is 0 Å². The molecule has 1 fully saturated rings. The molecule has 1 heterocycles. The van der Waals surface area contributed by atoms with Crippen LogP contribution in [0, 0.1) is 5.92 Å². The third-order valence-electron chi connectivity index (χ3n) is 4.36. The second-order valence-corrected chi connectivity index (χ2v) is 7.86. The third kappa shape index (κ3) is 5.88. The highest BCUT2D eigenvalue weighted by molar-refractivity contribution is 6.36. The van der Waals surface area contributed by atoms with Gasteiger partial charge in [-0.25, -0.2) is 0 Å². The van der Waals surface area contributed by atoms with Gasteiger partial charge in [-0.3, -0.25) is 29.6 Å². The lowest BCUT2D eigenvalue weighted by molar-refractivity contribution is -0.151. The minimum absolute atomic E-state index is 0.0965. The number of hydrogen-bond acceptors (Lipinski definition) is 5. The molecular formula is C20H16Cl3N3O5. The minimum Gasteiger partial charge on any atom is -0.455 e. The second-order valence-electron chi connectivity index (χ2n) is 6.61. The lowest BCUT2D eigenvalue weighted by Gasteiger charge is -2.18. The zero-order chi connectivity index (χ0) is 22.5. The van der Waals surface area contributed by atoms with Crippen molar-refractivity contribution >= 4 is 64.2 Å². The summed E-state index contributed by atoms with van der Waals surface area (Å²) in [6, 6.07) is 10.9. The summed E-state index contributed by atoms with van der Waals surface area (Å²) in [6.07, 6.45) is -0.167. The SMILES string of the molecule is O=C(COC(=O)[C@@H]1CC(=O)N(NC(=O)c2ccc(Cl)cc2Cl)C1)Nc1ccccc1Cl. The normalized spacial score (nSPS) is 15.5. The van der Waals surface area contributed by atoms with E-state index in [4.69, 9.17) is 39.5 Å². The molecule has 11 heteroatoms. The summed E-state index contributed by atoms with van der Waals surface area (Å²) in [4.78, 5) is 48.7. The van der Waals surface area contributed by atoms with E-state index < -0.39 is 36.2 Å². The molecule has 1 saturated heterocycles. The van der Waals surface area contributed by atoms with Gasteiger partial charge in [-0.1, -0.05) is 46.9 Å². The van der Waals surface area contributed by atoms with E-state index in [1.165, 1.54) is 18.2 Å². The molecule has 0 radical (unpaired) electrons. The van der Waals surface area contributed by atoms with Gasteiger partial charge in [0.05, 0.1) is 33.8 Å². The Labute approximate surface area is 192 Å². The molecule has 0 bridgehead atoms. The molecule has 2 aromatic carbocycles. The lowest BCUT2D eigenvalue weighted by Crippen LogP contribution is -2.43. The van der Waals surface area contributed by atoms with Crippen LogP contribution in [-0.2, 0) is 19.1 Å². The molecule has 31 heavy (non-hydrogen) atoms. The number of halogens is 3. The predicted molar refractivity (Wildman–Crippen MR) is 115 cm³/mol. The monoisotopic (exact) mass is 483 g/mol. The molecular weight excluding hydrogens is 469 g/mol. The molecule has 162 valence electrons. The van der Waals surface area contributed by atoms with Crippen molar-refractivity contribution in [3.8, 4) is 0 Å². The summed E-state index contributed by atoms with van der Waals surface area (Å²) in [6.45, 7) is -0.637. The summed E-state index contributed by atoms with van der Waals surface area (Å²) >= 11 is 17.8. The third-order valence-corrected chi connectivity index (χ3v) is 5.24. The molecule has 2 aromatic rings. The van der Waals surface area contributed by atoms with Crippen molar-refractivity contribution in [2.75, 3.05) is 18.5 Å². The highest BCUT2D eigenvalue weighted by Crippen LogP contribution is 2.23. The molecule has 0 aliphatic carbocycles. The first-order chi connectivity index (χ1) is 14.7. The zero-order valence-electron chi connectivity index (χ0n) is 15.9. The van der Waals surface area contributed by atoms with Crippen molar-refractivity contribution in [2.45, 2.75) is 6.42 Å². The van der Waals surface area contributed by atoms with E-state index in [0.717, 1.165) is 5.01 Å². The summed E-state index contributed by atoms with van der Waals surface area (Å²) in [5.74, 6) is -3.23. The van der Waals surface area contributed by atoms with Crippen LogP contribution in [0.1, 0.15) is 16.8 Å². The first kappa shape index (κ1) is 22.9. The number of esters is 1. The Morgan fingerprint density at radius 1 is 1.06 bits per heavy atom. The fourth-order valence-electron chi connectivity index (χ4n) is 2.83. The van der Waals surface area contributed by atoms with Crippen LogP contribution in [0.5, 0.6) is 0 Å². The maximum absolute atomic E-state index is 12.4. The molecule has 8 nitrogen and oxygen atoms in total. The quantitative estimate of drug-likeness (QED) is 0.612. The minimum atomic E-state index is -0.832. The molecule has 3 rings (SSSR count). The summed E-state index contributed by atoms with van der Waals surface area (Å²) in [7, 11) is 0. The van der Waals surface area contributed by atoms with Crippen LogP contribution in [0.3, 0.4) is 0 Å². The summed E-state index contributed by atoms with van der Waals surface area (Å²) in [5.41, 5.74) is 2.92. The van der Waals surface area contributed by atoms with Crippen LogP contribution < -0.4 is 10.7 Å². The first-order valence-corrected chi connectivity index (χ1v) is 10.2. The fourth-order valence-corrected chi connectivity index (χ4v) is 3.51. The Morgan fingerprint density at radius 3 is 2.52 bits per heavy atom. The number of hydrogen-bond donors (Lipinski definition) is 2. The molecule has 0 saturated carbocycles. The van der Waals surface area contributed by atoms with Crippen LogP contribution in [0.2, 0.25) is 15.1 Å².